The van der Waals surface area contributed by atoms with Gasteiger partial charge >= 0.3 is 11.7 Å². The Kier molecular flexibility index (Phi) is 10.3. The standard InChI is InChI=1S/C33H42Br2N8O3/c34-22-27(30(44)40-19-14-25(15-20-40)39-17-8-3-9-18-39)42(26-12-6-2-7-13-26)32(46)41-21-16-33(36,28(35)23-41)43-31(45)37-29(38-43)24-10-4-1-5-11-24/h1-2,4-7,10-13,25,27-28H,3,8-9,14-23,36H2,(H,37,38,45)/t27-,28?,33?/m0/s1. The van der Waals surface area contributed by atoms with Crippen LogP contribution in [0.1, 0.15) is 38.5 Å². The highest BCUT2D eigenvalue weighted by Crippen LogP contribution is 2.32. The van der Waals surface area contributed by atoms with Crippen LogP contribution in [0.15, 0.2) is 65.5 Å². The molecule has 3 atom stereocenters. The van der Waals surface area contributed by atoms with Crippen molar-refractivity contribution in [3.63, 3.8) is 0 Å². The van der Waals surface area contributed by atoms with Crippen molar-refractivity contribution in [2.75, 3.05) is 49.5 Å². The number of nitrogens with two attached hydrogens (primary N) is 1. The van der Waals surface area contributed by atoms with Crippen LogP contribution in [0.3, 0.4) is 0 Å². The van der Waals surface area contributed by atoms with Gasteiger partial charge in [0, 0.05) is 55.2 Å². The Morgan fingerprint density at radius 2 is 1.61 bits per heavy atom. The molecule has 1 aromatic heterocycles. The van der Waals surface area contributed by atoms with E-state index in [1.165, 1.54) is 23.9 Å². The van der Waals surface area contributed by atoms with E-state index in [4.69, 9.17) is 5.73 Å². The average molecular weight is 759 g/mol. The maximum absolute atomic E-state index is 14.4. The van der Waals surface area contributed by atoms with Crippen molar-refractivity contribution in [3.8, 4) is 11.4 Å². The largest absolute Gasteiger partial charge is 0.345 e. The SMILES string of the molecule is NC1(n2nc(-c3ccccc3)[nH]c2=O)CCN(C(=O)N(c2ccccc2)[C@@H](CBr)C(=O)N2CCC(N3CCCCC3)CC2)CC1Br. The van der Waals surface area contributed by atoms with Crippen LogP contribution < -0.4 is 16.3 Å². The number of para-hydroxylation sites is 1. The van der Waals surface area contributed by atoms with Gasteiger partial charge in [-0.2, -0.15) is 4.68 Å². The minimum Gasteiger partial charge on any atom is -0.341 e. The summed E-state index contributed by atoms with van der Waals surface area (Å²) >= 11 is 7.30. The van der Waals surface area contributed by atoms with Gasteiger partial charge in [-0.3, -0.25) is 14.7 Å². The van der Waals surface area contributed by atoms with Gasteiger partial charge in [0.15, 0.2) is 5.82 Å². The summed E-state index contributed by atoms with van der Waals surface area (Å²) in [5.41, 5.74) is 6.72. The molecule has 3 aliphatic heterocycles. The van der Waals surface area contributed by atoms with E-state index >= 15 is 0 Å². The van der Waals surface area contributed by atoms with Crippen LogP contribution in [0.25, 0.3) is 11.4 Å². The number of aromatic nitrogens is 3. The maximum Gasteiger partial charge on any atom is 0.345 e. The first-order valence-corrected chi connectivity index (χ1v) is 18.2. The lowest BCUT2D eigenvalue weighted by molar-refractivity contribution is -0.133. The Balaban J connectivity index is 1.18. The van der Waals surface area contributed by atoms with Gasteiger partial charge in [-0.15, -0.1) is 5.10 Å². The van der Waals surface area contributed by atoms with Gasteiger partial charge in [-0.05, 0) is 50.9 Å². The smallest absolute Gasteiger partial charge is 0.341 e. The predicted octanol–water partition coefficient (Wildman–Crippen LogP) is 4.19. The number of piperidine rings is 3. The number of benzene rings is 2. The van der Waals surface area contributed by atoms with Crippen LogP contribution >= 0.6 is 31.9 Å². The van der Waals surface area contributed by atoms with Gasteiger partial charge in [0.1, 0.15) is 11.7 Å². The zero-order valence-corrected chi connectivity index (χ0v) is 29.1. The predicted molar refractivity (Wildman–Crippen MR) is 186 cm³/mol. The zero-order valence-electron chi connectivity index (χ0n) is 25.9. The zero-order chi connectivity index (χ0) is 32.3. The summed E-state index contributed by atoms with van der Waals surface area (Å²) in [6.07, 6.45) is 6.00. The van der Waals surface area contributed by atoms with E-state index < -0.39 is 22.2 Å². The number of carbonyl (C=O) groups is 2. The first kappa shape index (κ1) is 32.9. The van der Waals surface area contributed by atoms with Crippen LogP contribution in [0, 0.1) is 0 Å². The number of carbonyl (C=O) groups excluding carboxylic acids is 2. The minimum absolute atomic E-state index is 0.0525. The van der Waals surface area contributed by atoms with Crippen LogP contribution in [0.4, 0.5) is 10.5 Å². The van der Waals surface area contributed by atoms with Crippen molar-refractivity contribution in [1.82, 2.24) is 29.5 Å². The molecule has 3 fully saturated rings. The third-order valence-electron chi connectivity index (χ3n) is 9.70. The number of anilines is 1. The Hall–Kier alpha value is -3.00. The molecule has 3 amide bonds. The number of rotatable bonds is 7. The maximum atomic E-state index is 14.4. The molecule has 0 saturated carbocycles. The molecule has 4 heterocycles. The number of nitrogens with zero attached hydrogens (tertiary/aromatic N) is 6. The van der Waals surface area contributed by atoms with Gasteiger partial charge in [0.05, 0.1) is 4.83 Å². The van der Waals surface area contributed by atoms with Crippen LogP contribution in [0.2, 0.25) is 0 Å². The fourth-order valence-electron chi connectivity index (χ4n) is 7.01. The molecule has 0 bridgehead atoms. The number of aromatic amines is 1. The highest BCUT2D eigenvalue weighted by Gasteiger charge is 2.46. The first-order chi connectivity index (χ1) is 22.3. The van der Waals surface area contributed by atoms with E-state index in [9.17, 15) is 14.4 Å². The highest BCUT2D eigenvalue weighted by molar-refractivity contribution is 9.09. The van der Waals surface area contributed by atoms with E-state index in [2.05, 4.69) is 46.8 Å². The fourth-order valence-corrected chi connectivity index (χ4v) is 8.35. The number of amides is 3. The summed E-state index contributed by atoms with van der Waals surface area (Å²) in [4.78, 5) is 51.7. The Bertz CT molecular complexity index is 1540. The summed E-state index contributed by atoms with van der Waals surface area (Å²) < 4.78 is 1.30. The van der Waals surface area contributed by atoms with Crippen molar-refractivity contribution < 1.29 is 9.59 Å². The molecule has 11 nitrogen and oxygen atoms in total. The van der Waals surface area contributed by atoms with Crippen LogP contribution in [0.5, 0.6) is 0 Å². The van der Waals surface area contributed by atoms with Crippen molar-refractivity contribution in [2.45, 2.75) is 61.1 Å². The molecule has 0 radical (unpaired) electrons. The third-order valence-corrected chi connectivity index (χ3v) is 11.4. The molecule has 2 unspecified atom stereocenters. The lowest BCUT2D eigenvalue weighted by Gasteiger charge is -2.45. The monoisotopic (exact) mass is 756 g/mol. The molecule has 0 aliphatic carbocycles. The van der Waals surface area contributed by atoms with Crippen molar-refractivity contribution >= 4 is 49.5 Å². The first-order valence-electron chi connectivity index (χ1n) is 16.2. The summed E-state index contributed by atoms with van der Waals surface area (Å²) in [7, 11) is 0. The molecule has 0 spiro atoms. The second-order valence-corrected chi connectivity index (χ2v) is 14.3. The van der Waals surface area contributed by atoms with Gasteiger partial charge < -0.3 is 20.4 Å². The van der Waals surface area contributed by atoms with Crippen molar-refractivity contribution in [3.05, 3.63) is 71.1 Å². The van der Waals surface area contributed by atoms with Gasteiger partial charge in [0.25, 0.3) is 0 Å². The third kappa shape index (κ3) is 6.69. The fraction of sp³-hybridized carbons (Fsp3) is 0.515. The number of hydrogen-bond donors (Lipinski definition) is 2. The molecule has 6 rings (SSSR count). The normalized spacial score (nSPS) is 23.7. The number of nitrogens with one attached hydrogen (secondary N) is 1. The molecule has 3 N–H and O–H groups in total. The Morgan fingerprint density at radius 3 is 2.24 bits per heavy atom. The number of urea groups is 1. The summed E-state index contributed by atoms with van der Waals surface area (Å²) in [6.45, 7) is 4.18. The molecule has 3 saturated heterocycles. The lowest BCUT2D eigenvalue weighted by Crippen LogP contribution is -2.65. The van der Waals surface area contributed by atoms with Gasteiger partial charge in [-0.1, -0.05) is 86.8 Å². The highest BCUT2D eigenvalue weighted by atomic mass is 79.9. The summed E-state index contributed by atoms with van der Waals surface area (Å²) in [5, 5.41) is 4.85. The summed E-state index contributed by atoms with van der Waals surface area (Å²) in [6, 6.07) is 18.3. The van der Waals surface area contributed by atoms with E-state index in [1.54, 1.807) is 9.80 Å². The second-order valence-electron chi connectivity index (χ2n) is 12.5. The molecule has 246 valence electrons. The van der Waals surface area contributed by atoms with Crippen molar-refractivity contribution in [1.29, 1.82) is 0 Å². The van der Waals surface area contributed by atoms with Crippen LogP contribution in [-0.4, -0.2) is 103 Å². The quantitative estimate of drug-likeness (QED) is 0.349. The van der Waals surface area contributed by atoms with E-state index in [-0.39, 0.29) is 31.4 Å². The van der Waals surface area contributed by atoms with E-state index in [1.807, 2.05) is 65.6 Å². The number of H-pyrrole nitrogens is 1. The molecule has 3 aromatic rings. The van der Waals surface area contributed by atoms with Crippen molar-refractivity contribution in [2.24, 2.45) is 5.73 Å². The minimum atomic E-state index is -1.17. The van der Waals surface area contributed by atoms with E-state index in [0.29, 0.717) is 36.0 Å². The number of alkyl halides is 2. The number of likely N-dealkylation sites (tertiary alicyclic amines) is 3. The number of hydrogen-bond acceptors (Lipinski definition) is 6. The Labute approximate surface area is 286 Å². The average Bonchev–Trinajstić information content (AvgIpc) is 3.51. The molecule has 13 heteroatoms. The topological polar surface area (TPSA) is 124 Å². The number of halogens is 2. The van der Waals surface area contributed by atoms with Gasteiger partial charge in [0.2, 0.25) is 5.91 Å². The second kappa shape index (κ2) is 14.4. The Morgan fingerprint density at radius 1 is 0.957 bits per heavy atom. The van der Waals surface area contributed by atoms with Crippen LogP contribution in [-0.2, 0) is 10.5 Å². The summed E-state index contributed by atoms with van der Waals surface area (Å²) in [5.74, 6) is 0.380. The molecular formula is C33H42Br2N8O3. The van der Waals surface area contributed by atoms with E-state index in [0.717, 1.165) is 31.5 Å². The molecular weight excluding hydrogens is 716 g/mol. The molecule has 3 aliphatic rings. The molecule has 46 heavy (non-hydrogen) atoms. The van der Waals surface area contributed by atoms with Gasteiger partial charge in [-0.25, -0.2) is 9.59 Å². The lowest BCUT2D eigenvalue weighted by atomic mass is 9.98. The molecule has 2 aromatic carbocycles.